The number of carbonyl (C=O) groups is 2. The van der Waals surface area contributed by atoms with Crippen LogP contribution in [0.2, 0.25) is 0 Å². The Kier molecular flexibility index (Phi) is 5.54. The van der Waals surface area contributed by atoms with Crippen molar-refractivity contribution in [2.24, 2.45) is 5.73 Å². The number of aromatic nitrogens is 2. The number of benzene rings is 1. The maximum atomic E-state index is 11.7. The van der Waals surface area contributed by atoms with E-state index in [4.69, 9.17) is 5.73 Å². The van der Waals surface area contributed by atoms with Crippen LogP contribution in [0.3, 0.4) is 0 Å². The molecule has 0 spiro atoms. The predicted molar refractivity (Wildman–Crippen MR) is 105 cm³/mol. The number of carbonyl (C=O) groups excluding carboxylic acids is 2. The van der Waals surface area contributed by atoms with Crippen molar-refractivity contribution in [3.8, 4) is 0 Å². The van der Waals surface area contributed by atoms with Crippen LogP contribution in [0.1, 0.15) is 43.0 Å². The molecule has 1 aromatic heterocycles. The highest BCUT2D eigenvalue weighted by Crippen LogP contribution is 2.25. The van der Waals surface area contributed by atoms with Gasteiger partial charge in [-0.1, -0.05) is 18.9 Å². The average Bonchev–Trinajstić information content (AvgIpc) is 3.14. The second kappa shape index (κ2) is 8.03. The summed E-state index contributed by atoms with van der Waals surface area (Å²) in [7, 11) is 1.71. The first-order valence-corrected chi connectivity index (χ1v) is 8.99. The lowest BCUT2D eigenvalue weighted by Gasteiger charge is -2.17. The zero-order valence-electron chi connectivity index (χ0n) is 15.5. The Morgan fingerprint density at radius 3 is 2.67 bits per heavy atom. The van der Waals surface area contributed by atoms with E-state index in [0.29, 0.717) is 17.8 Å². The lowest BCUT2D eigenvalue weighted by molar-refractivity contribution is -0.116. The van der Waals surface area contributed by atoms with E-state index < -0.39 is 5.91 Å². The number of rotatable bonds is 6. The van der Waals surface area contributed by atoms with Crippen molar-refractivity contribution in [3.63, 3.8) is 0 Å². The topological polar surface area (TPSA) is 113 Å². The number of primary amides is 1. The lowest BCUT2D eigenvalue weighted by atomic mass is 10.2. The fourth-order valence-corrected chi connectivity index (χ4v) is 3.10. The number of hydrogen-bond donors (Lipinski definition) is 3. The van der Waals surface area contributed by atoms with E-state index in [1.807, 2.05) is 24.3 Å². The molecule has 0 radical (unpaired) electrons. The van der Waals surface area contributed by atoms with Crippen molar-refractivity contribution in [1.82, 2.24) is 9.97 Å². The molecule has 0 unspecified atom stereocenters. The highest BCUT2D eigenvalue weighted by atomic mass is 16.2. The Hall–Kier alpha value is -3.16. The molecule has 2 aromatic rings. The molecule has 8 heteroatoms. The monoisotopic (exact) mass is 368 g/mol. The molecule has 2 amide bonds. The quantitative estimate of drug-likeness (QED) is 0.722. The molecule has 4 N–H and O–H groups in total. The summed E-state index contributed by atoms with van der Waals surface area (Å²) in [5, 5.41) is 6.43. The Morgan fingerprint density at radius 1 is 1.26 bits per heavy atom. The third-order valence-electron chi connectivity index (χ3n) is 4.71. The molecule has 1 heterocycles. The Labute approximate surface area is 158 Å². The molecule has 1 aliphatic carbocycles. The first kappa shape index (κ1) is 18.6. The third kappa shape index (κ3) is 4.52. The minimum absolute atomic E-state index is 0.0581. The lowest BCUT2D eigenvalue weighted by Crippen LogP contribution is -2.22. The van der Waals surface area contributed by atoms with Crippen molar-refractivity contribution in [3.05, 3.63) is 36.0 Å². The average molecular weight is 368 g/mol. The molecule has 0 bridgehead atoms. The van der Waals surface area contributed by atoms with Gasteiger partial charge < -0.3 is 21.3 Å². The van der Waals surface area contributed by atoms with Crippen molar-refractivity contribution in [1.29, 1.82) is 0 Å². The van der Waals surface area contributed by atoms with Gasteiger partial charge in [0, 0.05) is 37.6 Å². The Morgan fingerprint density at radius 2 is 2.00 bits per heavy atom. The SMILES string of the molecule is CC(=O)N(C)c1cccc(Nc2ncc(C(N)=O)c(NC3CCCC3)n2)c1. The minimum Gasteiger partial charge on any atom is -0.367 e. The van der Waals surface area contributed by atoms with Crippen LogP contribution in [-0.2, 0) is 4.79 Å². The summed E-state index contributed by atoms with van der Waals surface area (Å²) < 4.78 is 0. The zero-order valence-corrected chi connectivity index (χ0v) is 15.5. The highest BCUT2D eigenvalue weighted by molar-refractivity contribution is 5.97. The summed E-state index contributed by atoms with van der Waals surface area (Å²) in [6, 6.07) is 7.66. The predicted octanol–water partition coefficient (Wildman–Crippen LogP) is 2.66. The highest BCUT2D eigenvalue weighted by Gasteiger charge is 2.19. The number of nitrogens with two attached hydrogens (primary N) is 1. The molecular weight excluding hydrogens is 344 g/mol. The van der Waals surface area contributed by atoms with Gasteiger partial charge in [-0.3, -0.25) is 9.59 Å². The van der Waals surface area contributed by atoms with Gasteiger partial charge in [0.1, 0.15) is 5.82 Å². The number of amides is 2. The van der Waals surface area contributed by atoms with Gasteiger partial charge in [-0.05, 0) is 31.0 Å². The van der Waals surface area contributed by atoms with E-state index in [9.17, 15) is 9.59 Å². The normalized spacial score (nSPS) is 14.0. The van der Waals surface area contributed by atoms with Crippen molar-refractivity contribution < 1.29 is 9.59 Å². The van der Waals surface area contributed by atoms with Crippen LogP contribution >= 0.6 is 0 Å². The third-order valence-corrected chi connectivity index (χ3v) is 4.71. The maximum absolute atomic E-state index is 11.7. The minimum atomic E-state index is -0.563. The van der Waals surface area contributed by atoms with E-state index in [-0.39, 0.29) is 11.5 Å². The zero-order chi connectivity index (χ0) is 19.4. The van der Waals surface area contributed by atoms with Gasteiger partial charge >= 0.3 is 0 Å². The molecule has 27 heavy (non-hydrogen) atoms. The largest absolute Gasteiger partial charge is 0.367 e. The molecule has 1 aromatic carbocycles. The Balaban J connectivity index is 1.83. The summed E-state index contributed by atoms with van der Waals surface area (Å²) in [4.78, 5) is 33.4. The fraction of sp³-hybridized carbons (Fsp3) is 0.368. The van der Waals surface area contributed by atoms with Gasteiger partial charge in [-0.2, -0.15) is 4.98 Å². The molecule has 142 valence electrons. The standard InChI is InChI=1S/C19H24N6O2/c1-12(26)25(2)15-9-5-8-14(10-15)23-19-21-11-16(17(20)27)18(24-19)22-13-6-3-4-7-13/h5,8-11,13H,3-4,6-7H2,1-2H3,(H2,20,27)(H2,21,22,23,24). The summed E-state index contributed by atoms with van der Waals surface area (Å²) >= 11 is 0. The second-order valence-corrected chi connectivity index (χ2v) is 6.70. The van der Waals surface area contributed by atoms with Crippen LogP contribution in [0.15, 0.2) is 30.5 Å². The molecular formula is C19H24N6O2. The number of nitrogens with zero attached hydrogens (tertiary/aromatic N) is 3. The van der Waals surface area contributed by atoms with E-state index >= 15 is 0 Å². The van der Waals surface area contributed by atoms with Gasteiger partial charge in [-0.25, -0.2) is 4.98 Å². The molecule has 8 nitrogen and oxygen atoms in total. The molecule has 1 saturated carbocycles. The number of hydrogen-bond acceptors (Lipinski definition) is 6. The maximum Gasteiger partial charge on any atom is 0.254 e. The van der Waals surface area contributed by atoms with Gasteiger partial charge in [-0.15, -0.1) is 0 Å². The number of nitrogens with one attached hydrogen (secondary N) is 2. The molecule has 0 aliphatic heterocycles. The Bertz CT molecular complexity index is 848. The van der Waals surface area contributed by atoms with Crippen LogP contribution in [0.4, 0.5) is 23.1 Å². The first-order valence-electron chi connectivity index (χ1n) is 8.99. The molecule has 3 rings (SSSR count). The van der Waals surface area contributed by atoms with Crippen molar-refractivity contribution in [2.45, 2.75) is 38.6 Å². The van der Waals surface area contributed by atoms with Gasteiger partial charge in [0.15, 0.2) is 0 Å². The van der Waals surface area contributed by atoms with Gasteiger partial charge in [0.2, 0.25) is 11.9 Å². The summed E-state index contributed by atoms with van der Waals surface area (Å²) in [6.45, 7) is 1.51. The summed E-state index contributed by atoms with van der Waals surface area (Å²) in [6.07, 6.45) is 5.85. The van der Waals surface area contributed by atoms with Crippen LogP contribution < -0.4 is 21.3 Å². The first-order chi connectivity index (χ1) is 12.9. The van der Waals surface area contributed by atoms with E-state index in [2.05, 4.69) is 20.6 Å². The van der Waals surface area contributed by atoms with Crippen molar-refractivity contribution in [2.75, 3.05) is 22.6 Å². The van der Waals surface area contributed by atoms with E-state index in [1.165, 1.54) is 13.1 Å². The molecule has 1 aliphatic rings. The molecule has 1 fully saturated rings. The van der Waals surface area contributed by atoms with Crippen LogP contribution in [-0.4, -0.2) is 34.9 Å². The van der Waals surface area contributed by atoms with Crippen LogP contribution in [0, 0.1) is 0 Å². The van der Waals surface area contributed by atoms with Crippen LogP contribution in [0.5, 0.6) is 0 Å². The van der Waals surface area contributed by atoms with Crippen LogP contribution in [0.25, 0.3) is 0 Å². The number of anilines is 4. The summed E-state index contributed by atoms with van der Waals surface area (Å²) in [5.74, 6) is 0.177. The van der Waals surface area contributed by atoms with Gasteiger partial charge in [0.05, 0.1) is 5.56 Å². The molecule has 0 saturated heterocycles. The second-order valence-electron chi connectivity index (χ2n) is 6.70. The van der Waals surface area contributed by atoms with E-state index in [1.54, 1.807) is 11.9 Å². The van der Waals surface area contributed by atoms with Gasteiger partial charge in [0.25, 0.3) is 5.91 Å². The van der Waals surface area contributed by atoms with E-state index in [0.717, 1.165) is 37.1 Å². The summed E-state index contributed by atoms with van der Waals surface area (Å²) in [5.41, 5.74) is 7.22. The fourth-order valence-electron chi connectivity index (χ4n) is 3.10. The molecule has 0 atom stereocenters. The smallest absolute Gasteiger partial charge is 0.254 e. The van der Waals surface area contributed by atoms with Crippen molar-refractivity contribution >= 4 is 35.0 Å².